The third kappa shape index (κ3) is 3.52. The first-order chi connectivity index (χ1) is 9.08. The van der Waals surface area contributed by atoms with Crippen LogP contribution < -0.4 is 5.32 Å². The number of nitrogens with zero attached hydrogens (tertiary/aromatic N) is 2. The molecule has 0 saturated carbocycles. The highest BCUT2D eigenvalue weighted by atomic mass is 16.6. The lowest BCUT2D eigenvalue weighted by Gasteiger charge is -2.27. The zero-order chi connectivity index (χ0) is 13.8. The minimum Gasteiger partial charge on any atom is -0.313 e. The highest BCUT2D eigenvalue weighted by Crippen LogP contribution is 2.22. The summed E-state index contributed by atoms with van der Waals surface area (Å²) in [4.78, 5) is 12.6. The van der Waals surface area contributed by atoms with E-state index in [0.29, 0.717) is 6.04 Å². The highest BCUT2D eigenvalue weighted by molar-refractivity contribution is 5.34. The molecule has 0 amide bonds. The van der Waals surface area contributed by atoms with Crippen LogP contribution >= 0.6 is 0 Å². The van der Waals surface area contributed by atoms with Gasteiger partial charge < -0.3 is 5.32 Å². The van der Waals surface area contributed by atoms with Crippen LogP contribution in [0.1, 0.15) is 31.4 Å². The molecule has 2 rings (SSSR count). The number of nitro groups is 1. The van der Waals surface area contributed by atoms with Crippen molar-refractivity contribution in [2.24, 2.45) is 0 Å². The van der Waals surface area contributed by atoms with Crippen molar-refractivity contribution in [2.75, 3.05) is 20.1 Å². The van der Waals surface area contributed by atoms with Gasteiger partial charge in [0, 0.05) is 30.8 Å². The number of benzene rings is 1. The van der Waals surface area contributed by atoms with E-state index >= 15 is 0 Å². The van der Waals surface area contributed by atoms with Crippen molar-refractivity contribution in [1.82, 2.24) is 10.2 Å². The molecule has 1 saturated heterocycles. The SMILES string of the molecule is CC(c1ccc([N+](=O)[O-])cc1)N(C)CC1CCCN1. The Balaban J connectivity index is 1.97. The van der Waals surface area contributed by atoms with Gasteiger partial charge in [0.15, 0.2) is 0 Å². The molecular weight excluding hydrogens is 242 g/mol. The Bertz CT molecular complexity index is 427. The van der Waals surface area contributed by atoms with E-state index in [1.165, 1.54) is 12.8 Å². The van der Waals surface area contributed by atoms with E-state index in [-0.39, 0.29) is 16.7 Å². The Hall–Kier alpha value is -1.46. The van der Waals surface area contributed by atoms with Crippen molar-refractivity contribution in [3.8, 4) is 0 Å². The summed E-state index contributed by atoms with van der Waals surface area (Å²) in [7, 11) is 2.10. The molecule has 2 atom stereocenters. The zero-order valence-electron chi connectivity index (χ0n) is 11.5. The van der Waals surface area contributed by atoms with Crippen LogP contribution in [0.25, 0.3) is 0 Å². The van der Waals surface area contributed by atoms with Crippen molar-refractivity contribution in [3.63, 3.8) is 0 Å². The van der Waals surface area contributed by atoms with E-state index < -0.39 is 0 Å². The van der Waals surface area contributed by atoms with Gasteiger partial charge in [0.05, 0.1) is 4.92 Å². The van der Waals surface area contributed by atoms with Gasteiger partial charge in [-0.15, -0.1) is 0 Å². The van der Waals surface area contributed by atoms with Crippen LogP contribution in [0, 0.1) is 10.1 Å². The molecule has 19 heavy (non-hydrogen) atoms. The fourth-order valence-corrected chi connectivity index (χ4v) is 2.55. The number of rotatable bonds is 5. The van der Waals surface area contributed by atoms with E-state index in [4.69, 9.17) is 0 Å². The Morgan fingerprint density at radius 1 is 1.47 bits per heavy atom. The summed E-state index contributed by atoms with van der Waals surface area (Å²) < 4.78 is 0. The second-order valence-corrected chi connectivity index (χ2v) is 5.26. The summed E-state index contributed by atoms with van der Waals surface area (Å²) in [5, 5.41) is 14.1. The third-order valence-corrected chi connectivity index (χ3v) is 3.92. The number of nitrogens with one attached hydrogen (secondary N) is 1. The van der Waals surface area contributed by atoms with Gasteiger partial charge in [0.1, 0.15) is 0 Å². The summed E-state index contributed by atoms with van der Waals surface area (Å²) in [6.45, 7) is 4.26. The molecule has 1 heterocycles. The van der Waals surface area contributed by atoms with Crippen molar-refractivity contribution < 1.29 is 4.92 Å². The largest absolute Gasteiger partial charge is 0.313 e. The summed E-state index contributed by atoms with van der Waals surface area (Å²) in [5.41, 5.74) is 1.27. The number of hydrogen-bond donors (Lipinski definition) is 1. The van der Waals surface area contributed by atoms with Crippen molar-refractivity contribution in [1.29, 1.82) is 0 Å². The van der Waals surface area contributed by atoms with Gasteiger partial charge in [-0.1, -0.05) is 12.1 Å². The molecule has 0 aromatic heterocycles. The average molecular weight is 263 g/mol. The first kappa shape index (κ1) is 14.0. The van der Waals surface area contributed by atoms with E-state index in [1.807, 2.05) is 12.1 Å². The van der Waals surface area contributed by atoms with Crippen LogP contribution in [-0.4, -0.2) is 36.0 Å². The Labute approximate surface area is 113 Å². The van der Waals surface area contributed by atoms with Gasteiger partial charge in [-0.25, -0.2) is 0 Å². The fraction of sp³-hybridized carbons (Fsp3) is 0.571. The number of nitro benzene ring substituents is 1. The van der Waals surface area contributed by atoms with Crippen molar-refractivity contribution >= 4 is 5.69 Å². The Morgan fingerprint density at radius 3 is 2.68 bits per heavy atom. The van der Waals surface area contributed by atoms with Crippen LogP contribution in [0.3, 0.4) is 0 Å². The van der Waals surface area contributed by atoms with Crippen molar-refractivity contribution in [2.45, 2.75) is 31.8 Å². The normalized spacial score (nSPS) is 20.7. The molecule has 1 N–H and O–H groups in total. The topological polar surface area (TPSA) is 58.4 Å². The number of likely N-dealkylation sites (N-methyl/N-ethyl adjacent to an activating group) is 1. The lowest BCUT2D eigenvalue weighted by molar-refractivity contribution is -0.384. The summed E-state index contributed by atoms with van der Waals surface area (Å²) in [6, 6.07) is 7.69. The van der Waals surface area contributed by atoms with Crippen molar-refractivity contribution in [3.05, 3.63) is 39.9 Å². The smallest absolute Gasteiger partial charge is 0.269 e. The molecule has 2 unspecified atom stereocenters. The highest BCUT2D eigenvalue weighted by Gasteiger charge is 2.19. The van der Waals surface area contributed by atoms with Gasteiger partial charge in [0.25, 0.3) is 5.69 Å². The van der Waals surface area contributed by atoms with Crippen LogP contribution in [0.5, 0.6) is 0 Å². The predicted octanol–water partition coefficient (Wildman–Crippen LogP) is 2.34. The summed E-state index contributed by atoms with van der Waals surface area (Å²) >= 11 is 0. The molecule has 0 spiro atoms. The van der Waals surface area contributed by atoms with Gasteiger partial charge in [-0.2, -0.15) is 0 Å². The monoisotopic (exact) mass is 263 g/mol. The van der Waals surface area contributed by atoms with Crippen LogP contribution in [0.15, 0.2) is 24.3 Å². The van der Waals surface area contributed by atoms with E-state index in [2.05, 4.69) is 24.2 Å². The molecule has 1 aromatic carbocycles. The first-order valence-corrected chi connectivity index (χ1v) is 6.76. The van der Waals surface area contributed by atoms with Crippen LogP contribution in [0.2, 0.25) is 0 Å². The molecule has 0 bridgehead atoms. The van der Waals surface area contributed by atoms with Gasteiger partial charge in [-0.3, -0.25) is 15.0 Å². The Morgan fingerprint density at radius 2 is 2.16 bits per heavy atom. The van der Waals surface area contributed by atoms with Gasteiger partial charge in [-0.05, 0) is 38.9 Å². The van der Waals surface area contributed by atoms with E-state index in [9.17, 15) is 10.1 Å². The minimum absolute atomic E-state index is 0.149. The number of non-ortho nitro benzene ring substituents is 1. The summed E-state index contributed by atoms with van der Waals surface area (Å²) in [5.74, 6) is 0. The summed E-state index contributed by atoms with van der Waals surface area (Å²) in [6.07, 6.45) is 2.49. The molecule has 5 heteroatoms. The first-order valence-electron chi connectivity index (χ1n) is 6.76. The molecule has 104 valence electrons. The van der Waals surface area contributed by atoms with Gasteiger partial charge in [0.2, 0.25) is 0 Å². The molecule has 1 fully saturated rings. The predicted molar refractivity (Wildman–Crippen MR) is 75.2 cm³/mol. The molecular formula is C14H21N3O2. The minimum atomic E-state index is -0.361. The van der Waals surface area contributed by atoms with Crippen LogP contribution in [-0.2, 0) is 0 Å². The molecule has 1 aromatic rings. The maximum absolute atomic E-state index is 10.6. The third-order valence-electron chi connectivity index (χ3n) is 3.92. The molecule has 0 aliphatic carbocycles. The number of hydrogen-bond acceptors (Lipinski definition) is 4. The quantitative estimate of drug-likeness (QED) is 0.654. The maximum atomic E-state index is 10.6. The Kier molecular flexibility index (Phi) is 4.50. The average Bonchev–Trinajstić information content (AvgIpc) is 2.90. The molecule has 0 radical (unpaired) electrons. The lowest BCUT2D eigenvalue weighted by atomic mass is 10.1. The lowest BCUT2D eigenvalue weighted by Crippen LogP contribution is -2.36. The molecule has 1 aliphatic heterocycles. The van der Waals surface area contributed by atoms with Crippen LogP contribution in [0.4, 0.5) is 5.69 Å². The van der Waals surface area contributed by atoms with E-state index in [1.54, 1.807) is 12.1 Å². The zero-order valence-corrected chi connectivity index (χ0v) is 11.5. The second-order valence-electron chi connectivity index (χ2n) is 5.26. The molecule has 1 aliphatic rings. The standard InChI is InChI=1S/C14H21N3O2/c1-11(16(2)10-13-4-3-9-15-13)12-5-7-14(8-6-12)17(18)19/h5-8,11,13,15H,3-4,9-10H2,1-2H3. The maximum Gasteiger partial charge on any atom is 0.269 e. The van der Waals surface area contributed by atoms with Gasteiger partial charge >= 0.3 is 0 Å². The van der Waals surface area contributed by atoms with E-state index in [0.717, 1.165) is 18.7 Å². The fourth-order valence-electron chi connectivity index (χ4n) is 2.55. The molecule has 5 nitrogen and oxygen atoms in total. The second kappa shape index (κ2) is 6.12.